The van der Waals surface area contributed by atoms with E-state index in [0.29, 0.717) is 0 Å². The van der Waals surface area contributed by atoms with Gasteiger partial charge in [0.2, 0.25) is 0 Å². The predicted octanol–water partition coefficient (Wildman–Crippen LogP) is 4.88. The fourth-order valence-electron chi connectivity index (χ4n) is 2.41. The molecule has 1 aliphatic heterocycles. The lowest BCUT2D eigenvalue weighted by atomic mass is 9.90. The van der Waals surface area contributed by atoms with Gasteiger partial charge in [-0.3, -0.25) is 0 Å². The highest BCUT2D eigenvalue weighted by Crippen LogP contribution is 2.38. The molecule has 128 valence electrons. The minimum Gasteiger partial charge on any atom is -0.384 e. The first-order chi connectivity index (χ1) is 10.7. The molecule has 1 fully saturated rings. The van der Waals surface area contributed by atoms with Crippen molar-refractivity contribution in [2.24, 2.45) is 0 Å². The molecule has 3 nitrogen and oxygen atoms in total. The number of hydrogen-bond acceptors (Lipinski definition) is 3. The monoisotopic (exact) mass is 317 g/mol. The highest BCUT2D eigenvalue weighted by atomic mass is 16.7. The quantitative estimate of drug-likeness (QED) is 0.515. The molecule has 0 amide bonds. The van der Waals surface area contributed by atoms with Crippen LogP contribution in [0.15, 0.2) is 47.7 Å². The molecule has 0 aromatic rings. The maximum atomic E-state index is 6.26. The molecule has 0 aromatic heterocycles. The second-order valence-electron chi connectivity index (χ2n) is 6.77. The van der Waals surface area contributed by atoms with Gasteiger partial charge >= 0.3 is 7.25 Å². The molecule has 0 saturated carbocycles. The molecule has 0 aliphatic carbocycles. The highest BCUT2D eigenvalue weighted by Gasteiger charge is 2.54. The summed E-state index contributed by atoms with van der Waals surface area (Å²) in [4.78, 5) is 2.17. The van der Waals surface area contributed by atoms with Crippen LogP contribution in [0.2, 0.25) is 0 Å². The Morgan fingerprint density at radius 3 is 1.78 bits per heavy atom. The molecule has 0 unspecified atom stereocenters. The van der Waals surface area contributed by atoms with Crippen LogP contribution < -0.4 is 0 Å². The summed E-state index contributed by atoms with van der Waals surface area (Å²) in [6, 6.07) is 0. The van der Waals surface area contributed by atoms with Crippen molar-refractivity contribution < 1.29 is 9.31 Å². The summed E-state index contributed by atoms with van der Waals surface area (Å²) in [5.74, 6) is 0. The second kappa shape index (κ2) is 8.03. The van der Waals surface area contributed by atoms with Crippen molar-refractivity contribution in [2.45, 2.75) is 66.6 Å². The van der Waals surface area contributed by atoms with Crippen LogP contribution in [0.4, 0.5) is 0 Å². The lowest BCUT2D eigenvalue weighted by Crippen LogP contribution is -2.42. The molecule has 1 heterocycles. The van der Waals surface area contributed by atoms with Crippen molar-refractivity contribution >= 4 is 7.25 Å². The van der Waals surface area contributed by atoms with Crippen LogP contribution in [0, 0.1) is 0 Å². The van der Waals surface area contributed by atoms with Gasteiger partial charge in [-0.1, -0.05) is 30.4 Å². The van der Waals surface area contributed by atoms with Crippen LogP contribution in [-0.2, 0) is 9.31 Å². The predicted molar refractivity (Wildman–Crippen MR) is 99.9 cm³/mol. The van der Waals surface area contributed by atoms with E-state index in [-0.39, 0.29) is 11.2 Å². The Bertz CT molecular complexity index is 499. The van der Waals surface area contributed by atoms with E-state index >= 15 is 0 Å². The molecular weight excluding hydrogens is 285 g/mol. The molecule has 0 aromatic carbocycles. The van der Waals surface area contributed by atoms with E-state index in [2.05, 4.69) is 69.8 Å². The zero-order valence-electron chi connectivity index (χ0n) is 16.0. The molecule has 0 radical (unpaired) electrons. The minimum atomic E-state index is -0.400. The van der Waals surface area contributed by atoms with Gasteiger partial charge in [-0.05, 0) is 67.0 Å². The third-order valence-corrected chi connectivity index (χ3v) is 4.56. The van der Waals surface area contributed by atoms with Crippen LogP contribution >= 0.6 is 0 Å². The van der Waals surface area contributed by atoms with Crippen molar-refractivity contribution in [3.05, 3.63) is 47.7 Å². The molecule has 0 bridgehead atoms. The average molecular weight is 317 g/mol. The molecule has 0 atom stereocenters. The van der Waals surface area contributed by atoms with E-state index in [1.54, 1.807) is 0 Å². The van der Waals surface area contributed by atoms with E-state index in [4.69, 9.17) is 9.31 Å². The maximum absolute atomic E-state index is 6.26. The first kappa shape index (κ1) is 19.8. The number of allylic oxidation sites excluding steroid dienone is 5. The van der Waals surface area contributed by atoms with Crippen LogP contribution in [0.3, 0.4) is 0 Å². The molecular formula is C19H32BNO2. The number of rotatable bonds is 6. The molecule has 1 rings (SSSR count). The van der Waals surface area contributed by atoms with E-state index in [1.165, 1.54) is 5.57 Å². The normalized spacial score (nSPS) is 21.7. The number of nitrogens with zero attached hydrogens (tertiary/aromatic N) is 1. The third-order valence-electron chi connectivity index (χ3n) is 4.56. The highest BCUT2D eigenvalue weighted by molar-refractivity contribution is 6.43. The van der Waals surface area contributed by atoms with E-state index < -0.39 is 7.25 Å². The fourth-order valence-corrected chi connectivity index (χ4v) is 2.41. The first-order valence-corrected chi connectivity index (χ1v) is 8.41. The lowest BCUT2D eigenvalue weighted by Gasteiger charge is -2.32. The third kappa shape index (κ3) is 4.61. The molecule has 23 heavy (non-hydrogen) atoms. The standard InChI is InChI=1S/C19H32BNO2/c1-9-13-16(11-3)15-21(17(12-4)14-10-2)20-22-18(5,6)19(7,8)23-20/h9-14H,15H2,1-8H3/b13-9-,14-10-,16-11+,17-12+. The fraction of sp³-hybridized carbons (Fsp3) is 0.579. The Hall–Kier alpha value is -1.26. The molecule has 1 aliphatic rings. The van der Waals surface area contributed by atoms with Gasteiger partial charge in [-0.2, -0.15) is 0 Å². The Kier molecular flexibility index (Phi) is 6.91. The van der Waals surface area contributed by atoms with Gasteiger partial charge in [0.05, 0.1) is 11.2 Å². The summed E-state index contributed by atoms with van der Waals surface area (Å²) >= 11 is 0. The summed E-state index contributed by atoms with van der Waals surface area (Å²) < 4.78 is 12.5. The minimum absolute atomic E-state index is 0.346. The Morgan fingerprint density at radius 2 is 1.39 bits per heavy atom. The van der Waals surface area contributed by atoms with Crippen molar-refractivity contribution in [1.29, 1.82) is 0 Å². The SMILES string of the molecule is C/C=C\C(=C/C)CN(B1OC(C)(C)C(C)(C)O1)C(/C=C\C)=C/C. The van der Waals surface area contributed by atoms with Gasteiger partial charge < -0.3 is 14.1 Å². The Labute approximate surface area is 142 Å². The summed E-state index contributed by atoms with van der Waals surface area (Å²) in [7, 11) is -0.400. The van der Waals surface area contributed by atoms with Gasteiger partial charge in [-0.15, -0.1) is 0 Å². The summed E-state index contributed by atoms with van der Waals surface area (Å²) in [6.07, 6.45) is 12.5. The lowest BCUT2D eigenvalue weighted by molar-refractivity contribution is 0.00578. The van der Waals surface area contributed by atoms with Crippen molar-refractivity contribution in [2.75, 3.05) is 6.54 Å². The molecule has 0 N–H and O–H groups in total. The summed E-state index contributed by atoms with van der Waals surface area (Å²) in [6.45, 7) is 17.2. The van der Waals surface area contributed by atoms with Crippen LogP contribution in [0.1, 0.15) is 55.4 Å². The van der Waals surface area contributed by atoms with Crippen molar-refractivity contribution in [1.82, 2.24) is 4.81 Å². The molecule has 4 heteroatoms. The topological polar surface area (TPSA) is 21.7 Å². The summed E-state index contributed by atoms with van der Waals surface area (Å²) in [5.41, 5.74) is 1.63. The zero-order valence-corrected chi connectivity index (χ0v) is 16.0. The van der Waals surface area contributed by atoms with Gasteiger partial charge in [0, 0.05) is 12.2 Å². The molecule has 1 saturated heterocycles. The van der Waals surface area contributed by atoms with Gasteiger partial charge in [0.15, 0.2) is 0 Å². The smallest absolute Gasteiger partial charge is 0.384 e. The summed E-state index contributed by atoms with van der Waals surface area (Å²) in [5, 5.41) is 0. The largest absolute Gasteiger partial charge is 0.594 e. The van der Waals surface area contributed by atoms with Crippen LogP contribution in [-0.4, -0.2) is 29.8 Å². The van der Waals surface area contributed by atoms with Crippen LogP contribution in [0.25, 0.3) is 0 Å². The van der Waals surface area contributed by atoms with Gasteiger partial charge in [0.25, 0.3) is 0 Å². The van der Waals surface area contributed by atoms with Crippen LogP contribution in [0.5, 0.6) is 0 Å². The Balaban J connectivity index is 3.16. The maximum Gasteiger partial charge on any atom is 0.594 e. The molecule has 0 spiro atoms. The van der Waals surface area contributed by atoms with Crippen molar-refractivity contribution in [3.8, 4) is 0 Å². The van der Waals surface area contributed by atoms with E-state index in [9.17, 15) is 0 Å². The van der Waals surface area contributed by atoms with E-state index in [1.807, 2.05) is 26.8 Å². The zero-order chi connectivity index (χ0) is 17.7. The van der Waals surface area contributed by atoms with Crippen molar-refractivity contribution in [3.63, 3.8) is 0 Å². The van der Waals surface area contributed by atoms with E-state index in [0.717, 1.165) is 12.2 Å². The first-order valence-electron chi connectivity index (χ1n) is 8.41. The number of hydrogen-bond donors (Lipinski definition) is 0. The Morgan fingerprint density at radius 1 is 0.870 bits per heavy atom. The van der Waals surface area contributed by atoms with Gasteiger partial charge in [-0.25, -0.2) is 0 Å². The average Bonchev–Trinajstić information content (AvgIpc) is 2.69. The van der Waals surface area contributed by atoms with Gasteiger partial charge in [0.1, 0.15) is 0 Å². The second-order valence-corrected chi connectivity index (χ2v) is 6.77.